The highest BCUT2D eigenvalue weighted by Gasteiger charge is 2.21. The van der Waals surface area contributed by atoms with Crippen LogP contribution in [0.5, 0.6) is 5.75 Å². The van der Waals surface area contributed by atoms with E-state index in [-0.39, 0.29) is 31.9 Å². The normalized spacial score (nSPS) is 11.7. The average Bonchev–Trinajstić information content (AvgIpc) is 2.71. The highest BCUT2D eigenvalue weighted by Crippen LogP contribution is 2.31. The summed E-state index contributed by atoms with van der Waals surface area (Å²) >= 11 is 6.04. The summed E-state index contributed by atoms with van der Waals surface area (Å²) in [6, 6.07) is 15.0. The summed E-state index contributed by atoms with van der Waals surface area (Å²) in [5.41, 5.74) is 1.96. The molecule has 0 aliphatic heterocycles. The second kappa shape index (κ2) is 8.78. The van der Waals surface area contributed by atoms with Crippen LogP contribution in [0.25, 0.3) is 0 Å². The van der Waals surface area contributed by atoms with Crippen LogP contribution in [0.15, 0.2) is 70.5 Å². The van der Waals surface area contributed by atoms with Gasteiger partial charge in [0.2, 0.25) is 0 Å². The second-order valence-corrected chi connectivity index (χ2v) is 10.6. The van der Waals surface area contributed by atoms with E-state index >= 15 is 0 Å². The van der Waals surface area contributed by atoms with Crippen LogP contribution in [0.1, 0.15) is 11.1 Å². The van der Waals surface area contributed by atoms with Gasteiger partial charge in [0.1, 0.15) is 5.75 Å². The van der Waals surface area contributed by atoms with Crippen LogP contribution in [0.2, 0.25) is 5.02 Å². The first kappa shape index (κ1) is 22.9. The van der Waals surface area contributed by atoms with Crippen molar-refractivity contribution in [1.29, 1.82) is 0 Å². The van der Waals surface area contributed by atoms with Crippen molar-refractivity contribution in [2.45, 2.75) is 23.6 Å². The molecule has 7 nitrogen and oxygen atoms in total. The Bertz CT molecular complexity index is 1340. The van der Waals surface area contributed by atoms with Gasteiger partial charge in [-0.25, -0.2) is 16.8 Å². The van der Waals surface area contributed by atoms with Crippen molar-refractivity contribution < 1.29 is 21.6 Å². The lowest BCUT2D eigenvalue weighted by Gasteiger charge is -2.15. The standard InChI is InChI=1S/C21H21ClN2O5S2/c1-14-8-9-16(12-15(14)2)30(25,26)24-20-13-17(10-11-21(20)29-3)31(27,28)23-19-7-5-4-6-18(19)22/h4-13,23-24H,1-3H3. The summed E-state index contributed by atoms with van der Waals surface area (Å²) in [7, 11) is -6.66. The summed E-state index contributed by atoms with van der Waals surface area (Å²) in [4.78, 5) is -0.105. The molecular weight excluding hydrogens is 460 g/mol. The minimum atomic E-state index is -4.04. The first-order valence-electron chi connectivity index (χ1n) is 9.09. The zero-order valence-corrected chi connectivity index (χ0v) is 19.4. The summed E-state index contributed by atoms with van der Waals surface area (Å²) in [5, 5.41) is 0.232. The van der Waals surface area contributed by atoms with Crippen LogP contribution in [0.4, 0.5) is 11.4 Å². The summed E-state index contributed by atoms with van der Waals surface area (Å²) in [5.74, 6) is 0.170. The van der Waals surface area contributed by atoms with E-state index in [2.05, 4.69) is 9.44 Å². The maximum atomic E-state index is 12.9. The van der Waals surface area contributed by atoms with Crippen LogP contribution < -0.4 is 14.2 Å². The van der Waals surface area contributed by atoms with Gasteiger partial charge < -0.3 is 4.74 Å². The van der Waals surface area contributed by atoms with Gasteiger partial charge in [-0.1, -0.05) is 29.8 Å². The number of rotatable bonds is 7. The van der Waals surface area contributed by atoms with Crippen molar-refractivity contribution in [2.75, 3.05) is 16.6 Å². The molecule has 0 unspecified atom stereocenters. The molecule has 3 aromatic rings. The van der Waals surface area contributed by atoms with Crippen LogP contribution in [0, 0.1) is 13.8 Å². The fraction of sp³-hybridized carbons (Fsp3) is 0.143. The average molecular weight is 481 g/mol. The molecule has 0 heterocycles. The highest BCUT2D eigenvalue weighted by atomic mass is 35.5. The van der Waals surface area contributed by atoms with Gasteiger partial charge in [-0.2, -0.15) is 0 Å². The minimum Gasteiger partial charge on any atom is -0.495 e. The topological polar surface area (TPSA) is 102 Å². The number of anilines is 2. The number of ether oxygens (including phenoxy) is 1. The Kier molecular flexibility index (Phi) is 6.49. The van der Waals surface area contributed by atoms with E-state index in [1.807, 2.05) is 13.8 Å². The van der Waals surface area contributed by atoms with Gasteiger partial charge >= 0.3 is 0 Å². The van der Waals surface area contributed by atoms with E-state index in [0.717, 1.165) is 11.1 Å². The molecule has 0 aromatic heterocycles. The molecule has 0 aliphatic carbocycles. The van der Waals surface area contributed by atoms with Gasteiger partial charge in [0.25, 0.3) is 20.0 Å². The van der Waals surface area contributed by atoms with E-state index in [4.69, 9.17) is 16.3 Å². The monoisotopic (exact) mass is 480 g/mol. The van der Waals surface area contributed by atoms with Crippen LogP contribution in [-0.2, 0) is 20.0 Å². The minimum absolute atomic E-state index is 0.0113. The van der Waals surface area contributed by atoms with E-state index in [0.29, 0.717) is 0 Å². The van der Waals surface area contributed by atoms with Gasteiger partial charge in [-0.3, -0.25) is 9.44 Å². The van der Waals surface area contributed by atoms with Gasteiger partial charge in [0.05, 0.1) is 33.3 Å². The lowest BCUT2D eigenvalue weighted by molar-refractivity contribution is 0.416. The number of nitrogens with one attached hydrogen (secondary N) is 2. The fourth-order valence-corrected chi connectivity index (χ4v) is 5.26. The lowest BCUT2D eigenvalue weighted by Crippen LogP contribution is -2.16. The van der Waals surface area contributed by atoms with Crippen LogP contribution in [-0.4, -0.2) is 23.9 Å². The number of benzene rings is 3. The molecule has 3 aromatic carbocycles. The highest BCUT2D eigenvalue weighted by molar-refractivity contribution is 7.93. The molecule has 0 fully saturated rings. The lowest BCUT2D eigenvalue weighted by atomic mass is 10.1. The van der Waals surface area contributed by atoms with Crippen molar-refractivity contribution in [3.8, 4) is 5.75 Å². The molecule has 164 valence electrons. The second-order valence-electron chi connectivity index (χ2n) is 6.80. The summed E-state index contributed by atoms with van der Waals surface area (Å²) < 4.78 is 61.5. The number of para-hydroxylation sites is 1. The SMILES string of the molecule is COc1ccc(S(=O)(=O)Nc2ccccc2Cl)cc1NS(=O)(=O)c1ccc(C)c(C)c1. The molecule has 0 bridgehead atoms. The quantitative estimate of drug-likeness (QED) is 0.516. The van der Waals surface area contributed by atoms with E-state index in [1.54, 1.807) is 30.3 Å². The third-order valence-electron chi connectivity index (χ3n) is 4.63. The number of hydrogen-bond donors (Lipinski definition) is 2. The molecule has 0 radical (unpaired) electrons. The molecule has 3 rings (SSSR count). The van der Waals surface area contributed by atoms with Crippen molar-refractivity contribution in [1.82, 2.24) is 0 Å². The predicted molar refractivity (Wildman–Crippen MR) is 122 cm³/mol. The van der Waals surface area contributed by atoms with E-state index < -0.39 is 20.0 Å². The zero-order chi connectivity index (χ0) is 22.8. The maximum Gasteiger partial charge on any atom is 0.262 e. The van der Waals surface area contributed by atoms with Gasteiger partial charge in [0, 0.05) is 0 Å². The third-order valence-corrected chi connectivity index (χ3v) is 7.69. The molecular formula is C21H21ClN2O5S2. The number of halogens is 1. The summed E-state index contributed by atoms with van der Waals surface area (Å²) in [6.45, 7) is 3.69. The number of methoxy groups -OCH3 is 1. The fourth-order valence-electron chi connectivity index (χ4n) is 2.77. The van der Waals surface area contributed by atoms with E-state index in [1.165, 1.54) is 37.4 Å². The molecule has 10 heteroatoms. The summed E-state index contributed by atoms with van der Waals surface area (Å²) in [6.07, 6.45) is 0. The first-order chi connectivity index (χ1) is 14.5. The van der Waals surface area contributed by atoms with Gasteiger partial charge in [0.15, 0.2) is 0 Å². The third kappa shape index (κ3) is 5.12. The number of hydrogen-bond acceptors (Lipinski definition) is 5. The van der Waals surface area contributed by atoms with Gasteiger partial charge in [-0.05, 0) is 67.4 Å². The van der Waals surface area contributed by atoms with Crippen LogP contribution >= 0.6 is 11.6 Å². The molecule has 0 saturated carbocycles. The Labute approximate surface area is 187 Å². The Morgan fingerprint density at radius 2 is 1.32 bits per heavy atom. The molecule has 0 spiro atoms. The van der Waals surface area contributed by atoms with Crippen LogP contribution in [0.3, 0.4) is 0 Å². The molecule has 31 heavy (non-hydrogen) atoms. The number of sulfonamides is 2. The Morgan fingerprint density at radius 3 is 1.94 bits per heavy atom. The molecule has 0 saturated heterocycles. The van der Waals surface area contributed by atoms with Crippen molar-refractivity contribution in [3.05, 3.63) is 76.8 Å². The van der Waals surface area contributed by atoms with E-state index in [9.17, 15) is 16.8 Å². The Morgan fingerprint density at radius 1 is 0.742 bits per heavy atom. The Balaban J connectivity index is 1.99. The maximum absolute atomic E-state index is 12.9. The first-order valence-corrected chi connectivity index (χ1v) is 12.4. The largest absolute Gasteiger partial charge is 0.495 e. The van der Waals surface area contributed by atoms with Crippen molar-refractivity contribution in [2.24, 2.45) is 0 Å². The molecule has 2 N–H and O–H groups in total. The Hall–Kier alpha value is -2.75. The number of aryl methyl sites for hydroxylation is 2. The molecule has 0 aliphatic rings. The zero-order valence-electron chi connectivity index (χ0n) is 17.0. The predicted octanol–water partition coefficient (Wildman–Crippen LogP) is 4.57. The van der Waals surface area contributed by atoms with Gasteiger partial charge in [-0.15, -0.1) is 0 Å². The molecule has 0 amide bonds. The van der Waals surface area contributed by atoms with Crippen molar-refractivity contribution >= 4 is 43.0 Å². The van der Waals surface area contributed by atoms with Crippen molar-refractivity contribution in [3.63, 3.8) is 0 Å². The molecule has 0 atom stereocenters. The smallest absolute Gasteiger partial charge is 0.262 e.